The summed E-state index contributed by atoms with van der Waals surface area (Å²) in [6, 6.07) is 8.66. The SMILES string of the molecule is CCN(C)CC1CCC(Nc2c(C(C)=O)cnc3ccc(-c4cc(F)c(O)c(Cl)c4)cc23)CC1.Cl.Cl. The largest absolute Gasteiger partial charge is 0.504 e. The van der Waals surface area contributed by atoms with Crippen molar-refractivity contribution in [2.24, 2.45) is 5.92 Å². The van der Waals surface area contributed by atoms with Crippen LogP contribution >= 0.6 is 36.4 Å². The summed E-state index contributed by atoms with van der Waals surface area (Å²) in [5.74, 6) is -0.693. The number of ketones is 1. The molecule has 1 heterocycles. The van der Waals surface area contributed by atoms with Gasteiger partial charge in [0, 0.05) is 24.2 Å². The fourth-order valence-electron chi connectivity index (χ4n) is 4.79. The van der Waals surface area contributed by atoms with Gasteiger partial charge < -0.3 is 15.3 Å². The number of benzene rings is 2. The van der Waals surface area contributed by atoms with Gasteiger partial charge in [0.15, 0.2) is 17.3 Å². The quantitative estimate of drug-likeness (QED) is 0.298. The Morgan fingerprint density at radius 2 is 1.86 bits per heavy atom. The Labute approximate surface area is 229 Å². The van der Waals surface area contributed by atoms with Crippen molar-refractivity contribution < 1.29 is 14.3 Å². The zero-order valence-electron chi connectivity index (χ0n) is 20.7. The lowest BCUT2D eigenvalue weighted by Crippen LogP contribution is -2.32. The minimum Gasteiger partial charge on any atom is -0.504 e. The molecule has 0 aliphatic heterocycles. The molecule has 3 aromatic rings. The number of phenolic OH excluding ortho intramolecular Hbond substituents is 1. The maximum atomic E-state index is 14.1. The van der Waals surface area contributed by atoms with Gasteiger partial charge in [-0.05, 0) is 87.5 Å². The molecule has 0 bridgehead atoms. The second kappa shape index (κ2) is 12.9. The molecule has 2 N–H and O–H groups in total. The molecule has 1 aliphatic carbocycles. The first-order valence-electron chi connectivity index (χ1n) is 11.8. The summed E-state index contributed by atoms with van der Waals surface area (Å²) in [7, 11) is 2.16. The Hall–Kier alpha value is -2.12. The number of fused-ring (bicyclic) bond motifs is 1. The van der Waals surface area contributed by atoms with Crippen molar-refractivity contribution >= 4 is 58.8 Å². The van der Waals surface area contributed by atoms with E-state index in [-0.39, 0.29) is 41.7 Å². The van der Waals surface area contributed by atoms with Gasteiger partial charge in [-0.15, -0.1) is 24.8 Å². The summed E-state index contributed by atoms with van der Waals surface area (Å²) in [5.41, 5.74) is 3.35. The Balaban J connectivity index is 0.00000228. The second-order valence-corrected chi connectivity index (χ2v) is 9.75. The molecule has 2 aromatic carbocycles. The highest BCUT2D eigenvalue weighted by molar-refractivity contribution is 6.32. The number of aromatic hydroxyl groups is 1. The van der Waals surface area contributed by atoms with Gasteiger partial charge in [0.05, 0.1) is 21.8 Å². The molecule has 1 aromatic heterocycles. The number of aromatic nitrogens is 1. The van der Waals surface area contributed by atoms with Crippen LogP contribution in [0.25, 0.3) is 22.0 Å². The van der Waals surface area contributed by atoms with Crippen molar-refractivity contribution in [3.63, 3.8) is 0 Å². The Morgan fingerprint density at radius 3 is 2.47 bits per heavy atom. The number of rotatable bonds is 7. The highest BCUT2D eigenvalue weighted by atomic mass is 35.5. The zero-order chi connectivity index (χ0) is 24.4. The van der Waals surface area contributed by atoms with Gasteiger partial charge in [-0.25, -0.2) is 4.39 Å². The summed E-state index contributed by atoms with van der Waals surface area (Å²) in [6.45, 7) is 5.90. The van der Waals surface area contributed by atoms with E-state index in [0.717, 1.165) is 60.9 Å². The number of pyridine rings is 1. The standard InChI is InChI=1S/C27H31ClFN3O2.2ClH/c1-4-32(3)15-17-5-8-20(9-6-17)31-26-21-11-18(19-12-23(28)27(34)24(29)13-19)7-10-25(21)30-14-22(26)16(2)33;;/h7,10-14,17,20,34H,4-6,8-9,15H2,1-3H3,(H,30,31);2*1H. The van der Waals surface area contributed by atoms with Crippen molar-refractivity contribution in [1.82, 2.24) is 9.88 Å². The van der Waals surface area contributed by atoms with E-state index >= 15 is 0 Å². The number of anilines is 1. The molecular weight excluding hydrogens is 524 g/mol. The average molecular weight is 557 g/mol. The second-order valence-electron chi connectivity index (χ2n) is 9.34. The Kier molecular flexibility index (Phi) is 10.8. The lowest BCUT2D eigenvalue weighted by Gasteiger charge is -2.32. The van der Waals surface area contributed by atoms with Crippen molar-refractivity contribution in [3.05, 3.63) is 52.9 Å². The van der Waals surface area contributed by atoms with Crippen molar-refractivity contribution in [2.45, 2.75) is 45.6 Å². The summed E-state index contributed by atoms with van der Waals surface area (Å²) in [6.07, 6.45) is 6.02. The van der Waals surface area contributed by atoms with Gasteiger partial charge in [0.25, 0.3) is 0 Å². The monoisotopic (exact) mass is 555 g/mol. The predicted molar refractivity (Wildman–Crippen MR) is 151 cm³/mol. The van der Waals surface area contributed by atoms with Crippen LogP contribution in [0.1, 0.15) is 49.9 Å². The lowest BCUT2D eigenvalue weighted by molar-refractivity contribution is 0.101. The number of Topliss-reactive ketones (excluding diaryl/α,β-unsaturated/α-hetero) is 1. The summed E-state index contributed by atoms with van der Waals surface area (Å²) < 4.78 is 14.1. The summed E-state index contributed by atoms with van der Waals surface area (Å²) in [5, 5.41) is 14.1. The summed E-state index contributed by atoms with van der Waals surface area (Å²) in [4.78, 5) is 19.3. The third kappa shape index (κ3) is 6.60. The number of nitrogens with zero attached hydrogens (tertiary/aromatic N) is 2. The number of hydrogen-bond acceptors (Lipinski definition) is 5. The Bertz CT molecular complexity index is 1190. The molecule has 1 aliphatic rings. The van der Waals surface area contributed by atoms with Crippen LogP contribution in [0, 0.1) is 11.7 Å². The van der Waals surface area contributed by atoms with E-state index in [2.05, 4.69) is 29.2 Å². The minimum absolute atomic E-state index is 0. The third-order valence-corrected chi connectivity index (χ3v) is 7.19. The molecule has 0 radical (unpaired) electrons. The van der Waals surface area contributed by atoms with Gasteiger partial charge in [0.2, 0.25) is 0 Å². The van der Waals surface area contributed by atoms with Crippen LogP contribution in [0.3, 0.4) is 0 Å². The van der Waals surface area contributed by atoms with E-state index in [0.29, 0.717) is 17.0 Å². The van der Waals surface area contributed by atoms with Crippen LogP contribution in [0.5, 0.6) is 5.75 Å². The molecule has 0 amide bonds. The predicted octanol–water partition coefficient (Wildman–Crippen LogP) is 7.37. The highest BCUT2D eigenvalue weighted by Crippen LogP contribution is 2.36. The molecule has 4 rings (SSSR count). The zero-order valence-corrected chi connectivity index (χ0v) is 23.1. The van der Waals surface area contributed by atoms with Gasteiger partial charge in [-0.1, -0.05) is 24.6 Å². The first kappa shape index (κ1) is 30.1. The molecule has 196 valence electrons. The summed E-state index contributed by atoms with van der Waals surface area (Å²) >= 11 is 6.00. The molecule has 1 fully saturated rings. The van der Waals surface area contributed by atoms with Crippen molar-refractivity contribution in [2.75, 3.05) is 25.5 Å². The van der Waals surface area contributed by atoms with Crippen LogP contribution in [0.2, 0.25) is 5.02 Å². The third-order valence-electron chi connectivity index (χ3n) is 6.90. The van der Waals surface area contributed by atoms with Crippen LogP contribution in [0.15, 0.2) is 36.5 Å². The number of hydrogen-bond donors (Lipinski definition) is 2. The topological polar surface area (TPSA) is 65.5 Å². The maximum absolute atomic E-state index is 14.1. The molecule has 0 unspecified atom stereocenters. The average Bonchev–Trinajstić information content (AvgIpc) is 2.83. The van der Waals surface area contributed by atoms with Crippen molar-refractivity contribution in [3.8, 4) is 16.9 Å². The number of phenols is 1. The first-order valence-corrected chi connectivity index (χ1v) is 12.2. The normalized spacial score (nSPS) is 17.4. The van der Waals surface area contributed by atoms with Gasteiger partial charge in [-0.3, -0.25) is 9.78 Å². The van der Waals surface area contributed by atoms with Crippen molar-refractivity contribution in [1.29, 1.82) is 0 Å². The fourth-order valence-corrected chi connectivity index (χ4v) is 5.00. The van der Waals surface area contributed by atoms with E-state index < -0.39 is 11.6 Å². The number of nitrogens with one attached hydrogen (secondary N) is 1. The van der Waals surface area contributed by atoms with E-state index in [1.165, 1.54) is 12.1 Å². The molecule has 0 spiro atoms. The van der Waals surface area contributed by atoms with E-state index in [4.69, 9.17) is 11.6 Å². The van der Waals surface area contributed by atoms with E-state index in [1.54, 1.807) is 13.1 Å². The molecule has 0 atom stereocenters. The molecule has 5 nitrogen and oxygen atoms in total. The molecule has 1 saturated carbocycles. The number of carbonyl (C=O) groups excluding carboxylic acids is 1. The van der Waals surface area contributed by atoms with Gasteiger partial charge in [-0.2, -0.15) is 0 Å². The molecule has 9 heteroatoms. The number of halogens is 4. The van der Waals surface area contributed by atoms with Crippen LogP contribution in [0.4, 0.5) is 10.1 Å². The fraction of sp³-hybridized carbons (Fsp3) is 0.407. The lowest BCUT2D eigenvalue weighted by atomic mass is 9.85. The van der Waals surface area contributed by atoms with Crippen LogP contribution < -0.4 is 5.32 Å². The molecular formula is C27H33Cl3FN3O2. The smallest absolute Gasteiger partial charge is 0.170 e. The van der Waals surface area contributed by atoms with Gasteiger partial charge >= 0.3 is 0 Å². The number of carbonyl (C=O) groups is 1. The minimum atomic E-state index is -0.776. The van der Waals surface area contributed by atoms with Crippen LogP contribution in [-0.4, -0.2) is 47.0 Å². The Morgan fingerprint density at radius 1 is 1.17 bits per heavy atom. The van der Waals surface area contributed by atoms with Gasteiger partial charge in [0.1, 0.15) is 0 Å². The van der Waals surface area contributed by atoms with E-state index in [1.807, 2.05) is 18.2 Å². The first-order chi connectivity index (χ1) is 16.3. The molecule has 36 heavy (non-hydrogen) atoms. The highest BCUT2D eigenvalue weighted by Gasteiger charge is 2.24. The maximum Gasteiger partial charge on any atom is 0.170 e. The van der Waals surface area contributed by atoms with Crippen LogP contribution in [-0.2, 0) is 0 Å². The van der Waals surface area contributed by atoms with E-state index in [9.17, 15) is 14.3 Å². The molecule has 0 saturated heterocycles.